The Morgan fingerprint density at radius 3 is 2.76 bits per heavy atom. The molecule has 1 heterocycles. The molecule has 0 spiro atoms. The fourth-order valence-electron chi connectivity index (χ4n) is 1.59. The van der Waals surface area contributed by atoms with E-state index in [1.165, 1.54) is 6.33 Å². The molecule has 5 N–H and O–H groups in total. The van der Waals surface area contributed by atoms with Crippen LogP contribution < -0.4 is 16.8 Å². The van der Waals surface area contributed by atoms with Gasteiger partial charge in [0.05, 0.1) is 0 Å². The second-order valence-corrected chi connectivity index (χ2v) is 4.17. The van der Waals surface area contributed by atoms with Crippen LogP contribution in [0.2, 0.25) is 0 Å². The number of rotatable bonds is 6. The lowest BCUT2D eigenvalue weighted by atomic mass is 10.0. The van der Waals surface area contributed by atoms with Crippen molar-refractivity contribution in [3.05, 3.63) is 11.9 Å². The van der Waals surface area contributed by atoms with Crippen molar-refractivity contribution in [2.45, 2.75) is 32.6 Å². The largest absolute Gasteiger partial charge is 0.383 e. The molecule has 0 saturated heterocycles. The SMILES string of the molecule is CC(C)c1c(N)ncnc1NCCCC(N)=O. The number of carbonyl (C=O) groups is 1. The summed E-state index contributed by atoms with van der Waals surface area (Å²) in [5, 5.41) is 3.15. The number of nitrogen functional groups attached to an aromatic ring is 1. The molecule has 0 unspecified atom stereocenters. The van der Waals surface area contributed by atoms with E-state index in [-0.39, 0.29) is 11.8 Å². The molecular weight excluding hydrogens is 218 g/mol. The van der Waals surface area contributed by atoms with Crippen LogP contribution in [0, 0.1) is 0 Å². The molecule has 17 heavy (non-hydrogen) atoms. The Labute approximate surface area is 101 Å². The number of carbonyl (C=O) groups excluding carboxylic acids is 1. The number of aromatic nitrogens is 2. The summed E-state index contributed by atoms with van der Waals surface area (Å²) in [7, 11) is 0. The molecule has 1 rings (SSSR count). The van der Waals surface area contributed by atoms with Gasteiger partial charge in [-0.2, -0.15) is 0 Å². The first-order chi connectivity index (χ1) is 8.02. The van der Waals surface area contributed by atoms with Crippen molar-refractivity contribution in [3.63, 3.8) is 0 Å². The van der Waals surface area contributed by atoms with Crippen LogP contribution in [0.5, 0.6) is 0 Å². The Balaban J connectivity index is 2.64. The first-order valence-electron chi connectivity index (χ1n) is 5.65. The molecule has 6 heteroatoms. The van der Waals surface area contributed by atoms with Crippen molar-refractivity contribution in [1.29, 1.82) is 0 Å². The highest BCUT2D eigenvalue weighted by Crippen LogP contribution is 2.25. The molecule has 0 atom stereocenters. The molecule has 1 aromatic rings. The number of nitrogens with one attached hydrogen (secondary N) is 1. The number of nitrogens with zero attached hydrogens (tertiary/aromatic N) is 2. The number of hydrogen-bond acceptors (Lipinski definition) is 5. The van der Waals surface area contributed by atoms with Gasteiger partial charge in [-0.05, 0) is 12.3 Å². The smallest absolute Gasteiger partial charge is 0.217 e. The number of amides is 1. The highest BCUT2D eigenvalue weighted by Gasteiger charge is 2.12. The predicted octanol–water partition coefficient (Wildman–Crippen LogP) is 0.860. The molecule has 1 amide bonds. The van der Waals surface area contributed by atoms with Crippen LogP contribution >= 0.6 is 0 Å². The van der Waals surface area contributed by atoms with E-state index >= 15 is 0 Å². The lowest BCUT2D eigenvalue weighted by Gasteiger charge is -2.14. The standard InChI is InChI=1S/C11H19N5O/c1-7(2)9-10(13)15-6-16-11(9)14-5-3-4-8(12)17/h6-7H,3-5H2,1-2H3,(H2,12,17)(H3,13,14,15,16). The molecule has 0 aliphatic carbocycles. The van der Waals surface area contributed by atoms with Gasteiger partial charge in [-0.3, -0.25) is 4.79 Å². The van der Waals surface area contributed by atoms with Crippen LogP contribution in [0.4, 0.5) is 11.6 Å². The zero-order valence-corrected chi connectivity index (χ0v) is 10.2. The molecule has 0 fully saturated rings. The third-order valence-corrected chi connectivity index (χ3v) is 2.38. The summed E-state index contributed by atoms with van der Waals surface area (Å²) in [6.45, 7) is 4.70. The first-order valence-corrected chi connectivity index (χ1v) is 5.65. The lowest BCUT2D eigenvalue weighted by molar-refractivity contribution is -0.118. The monoisotopic (exact) mass is 237 g/mol. The van der Waals surface area contributed by atoms with E-state index in [1.807, 2.05) is 13.8 Å². The zero-order valence-electron chi connectivity index (χ0n) is 10.2. The van der Waals surface area contributed by atoms with Crippen molar-refractivity contribution in [2.75, 3.05) is 17.6 Å². The van der Waals surface area contributed by atoms with Gasteiger partial charge in [0.2, 0.25) is 5.91 Å². The Bertz CT molecular complexity index is 391. The molecule has 0 radical (unpaired) electrons. The van der Waals surface area contributed by atoms with E-state index in [9.17, 15) is 4.79 Å². The van der Waals surface area contributed by atoms with Crippen LogP contribution in [-0.4, -0.2) is 22.4 Å². The Morgan fingerprint density at radius 1 is 1.47 bits per heavy atom. The third-order valence-electron chi connectivity index (χ3n) is 2.38. The van der Waals surface area contributed by atoms with Crippen molar-refractivity contribution in [3.8, 4) is 0 Å². The molecule has 1 aromatic heterocycles. The quantitative estimate of drug-likeness (QED) is 0.636. The highest BCUT2D eigenvalue weighted by molar-refractivity contribution is 5.73. The Kier molecular flexibility index (Phi) is 4.68. The first kappa shape index (κ1) is 13.2. The molecule has 0 aromatic carbocycles. The minimum atomic E-state index is -0.293. The van der Waals surface area contributed by atoms with Gasteiger partial charge in [-0.25, -0.2) is 9.97 Å². The minimum Gasteiger partial charge on any atom is -0.383 e. The van der Waals surface area contributed by atoms with E-state index in [0.29, 0.717) is 25.2 Å². The maximum Gasteiger partial charge on any atom is 0.217 e. The van der Waals surface area contributed by atoms with Gasteiger partial charge in [0.1, 0.15) is 18.0 Å². The van der Waals surface area contributed by atoms with Crippen molar-refractivity contribution < 1.29 is 4.79 Å². The minimum absolute atomic E-state index is 0.245. The number of primary amides is 1. The maximum atomic E-state index is 10.6. The van der Waals surface area contributed by atoms with E-state index < -0.39 is 0 Å². The predicted molar refractivity (Wildman–Crippen MR) is 67.5 cm³/mol. The molecule has 0 bridgehead atoms. The van der Waals surface area contributed by atoms with Crippen LogP contribution in [0.3, 0.4) is 0 Å². The zero-order chi connectivity index (χ0) is 12.8. The summed E-state index contributed by atoms with van der Waals surface area (Å²) in [6, 6.07) is 0. The third kappa shape index (κ3) is 3.90. The second-order valence-electron chi connectivity index (χ2n) is 4.17. The van der Waals surface area contributed by atoms with Crippen LogP contribution in [-0.2, 0) is 4.79 Å². The van der Waals surface area contributed by atoms with Gasteiger partial charge in [-0.1, -0.05) is 13.8 Å². The van der Waals surface area contributed by atoms with Crippen molar-refractivity contribution in [1.82, 2.24) is 9.97 Å². The summed E-state index contributed by atoms with van der Waals surface area (Å²) in [4.78, 5) is 18.7. The van der Waals surface area contributed by atoms with Gasteiger partial charge < -0.3 is 16.8 Å². The maximum absolute atomic E-state index is 10.6. The fourth-order valence-corrected chi connectivity index (χ4v) is 1.59. The number of nitrogens with two attached hydrogens (primary N) is 2. The van der Waals surface area contributed by atoms with Crippen LogP contribution in [0.1, 0.15) is 38.2 Å². The average molecular weight is 237 g/mol. The summed E-state index contributed by atoms with van der Waals surface area (Å²) in [5.41, 5.74) is 11.8. The van der Waals surface area contributed by atoms with E-state index in [0.717, 1.165) is 11.4 Å². The fraction of sp³-hybridized carbons (Fsp3) is 0.545. The van der Waals surface area contributed by atoms with Crippen molar-refractivity contribution >= 4 is 17.5 Å². The molecule has 94 valence electrons. The van der Waals surface area contributed by atoms with Crippen LogP contribution in [0.25, 0.3) is 0 Å². The summed E-state index contributed by atoms with van der Waals surface area (Å²) in [6.07, 6.45) is 2.47. The highest BCUT2D eigenvalue weighted by atomic mass is 16.1. The van der Waals surface area contributed by atoms with Gasteiger partial charge in [0, 0.05) is 18.5 Å². The molecular formula is C11H19N5O. The summed E-state index contributed by atoms with van der Waals surface area (Å²) < 4.78 is 0. The van der Waals surface area contributed by atoms with Crippen LogP contribution in [0.15, 0.2) is 6.33 Å². The van der Waals surface area contributed by atoms with E-state index in [4.69, 9.17) is 11.5 Å². The molecule has 0 aliphatic heterocycles. The van der Waals surface area contributed by atoms with Gasteiger partial charge in [0.15, 0.2) is 0 Å². The number of hydrogen-bond donors (Lipinski definition) is 3. The Morgan fingerprint density at radius 2 is 2.18 bits per heavy atom. The second kappa shape index (κ2) is 6.03. The van der Waals surface area contributed by atoms with E-state index in [1.54, 1.807) is 0 Å². The van der Waals surface area contributed by atoms with Gasteiger partial charge in [-0.15, -0.1) is 0 Å². The van der Waals surface area contributed by atoms with Crippen molar-refractivity contribution in [2.24, 2.45) is 5.73 Å². The Hall–Kier alpha value is -1.85. The lowest BCUT2D eigenvalue weighted by Crippen LogP contribution is -2.14. The molecule has 0 aliphatic rings. The van der Waals surface area contributed by atoms with Gasteiger partial charge in [0.25, 0.3) is 0 Å². The molecule has 6 nitrogen and oxygen atoms in total. The van der Waals surface area contributed by atoms with Gasteiger partial charge >= 0.3 is 0 Å². The summed E-state index contributed by atoms with van der Waals surface area (Å²) in [5.74, 6) is 1.18. The normalized spacial score (nSPS) is 10.5. The topological polar surface area (TPSA) is 107 Å². The van der Waals surface area contributed by atoms with E-state index in [2.05, 4.69) is 15.3 Å². The molecule has 0 saturated carbocycles. The number of anilines is 2. The summed E-state index contributed by atoms with van der Waals surface area (Å²) >= 11 is 0. The average Bonchev–Trinajstić information content (AvgIpc) is 2.23.